The average molecular weight is 266 g/mol. The third kappa shape index (κ3) is 3.27. The molecule has 0 bridgehead atoms. The number of aryl methyl sites for hydroxylation is 1. The van der Waals surface area contributed by atoms with E-state index in [0.717, 1.165) is 17.7 Å². The van der Waals surface area contributed by atoms with Crippen LogP contribution in [0.3, 0.4) is 0 Å². The molecule has 1 aromatic rings. The lowest BCUT2D eigenvalue weighted by Crippen LogP contribution is -2.20. The average Bonchev–Trinajstić information content (AvgIpc) is 2.43. The second-order valence-corrected chi connectivity index (χ2v) is 5.28. The highest BCUT2D eigenvalue weighted by atomic mass is 32.2. The zero-order chi connectivity index (χ0) is 12.8. The molecule has 1 atom stereocenters. The lowest BCUT2D eigenvalue weighted by Gasteiger charge is -2.23. The zero-order valence-corrected chi connectivity index (χ0v) is 11.4. The summed E-state index contributed by atoms with van der Waals surface area (Å²) in [6.07, 6.45) is 1.03. The minimum Gasteiger partial charge on any atom is -0.462 e. The standard InChI is InChI=1S/C14H18O3S/c1-2-16-8-9-17-14(15)13-12-6-4-3-5-11(12)7-10-18-13/h3-6,13H,2,7-10H2,1H3. The molecule has 0 fully saturated rings. The van der Waals surface area contributed by atoms with Crippen LogP contribution in [0.2, 0.25) is 0 Å². The Labute approximate surface area is 112 Å². The molecular formula is C14H18O3S. The fourth-order valence-corrected chi connectivity index (χ4v) is 3.20. The topological polar surface area (TPSA) is 35.5 Å². The normalized spacial score (nSPS) is 18.2. The molecule has 0 saturated heterocycles. The second-order valence-electron chi connectivity index (χ2n) is 4.06. The van der Waals surface area contributed by atoms with Gasteiger partial charge in [0.15, 0.2) is 0 Å². The Hall–Kier alpha value is -1.00. The van der Waals surface area contributed by atoms with Gasteiger partial charge in [-0.05, 0) is 30.2 Å². The van der Waals surface area contributed by atoms with Crippen LogP contribution in [0.15, 0.2) is 24.3 Å². The molecule has 1 unspecified atom stereocenters. The number of carbonyl (C=O) groups is 1. The van der Waals surface area contributed by atoms with Gasteiger partial charge in [-0.3, -0.25) is 4.79 Å². The Morgan fingerprint density at radius 2 is 2.22 bits per heavy atom. The molecule has 0 N–H and O–H groups in total. The first-order valence-corrected chi connectivity index (χ1v) is 7.31. The van der Waals surface area contributed by atoms with Crippen LogP contribution in [-0.4, -0.2) is 31.5 Å². The Morgan fingerprint density at radius 1 is 1.39 bits per heavy atom. The lowest BCUT2D eigenvalue weighted by atomic mass is 10.0. The largest absolute Gasteiger partial charge is 0.462 e. The van der Waals surface area contributed by atoms with Gasteiger partial charge in [-0.15, -0.1) is 11.8 Å². The molecule has 2 rings (SSSR count). The smallest absolute Gasteiger partial charge is 0.323 e. The summed E-state index contributed by atoms with van der Waals surface area (Å²) in [6.45, 7) is 3.39. The van der Waals surface area contributed by atoms with Crippen LogP contribution in [0.1, 0.15) is 23.3 Å². The number of fused-ring (bicyclic) bond motifs is 1. The van der Waals surface area contributed by atoms with Crippen LogP contribution in [0, 0.1) is 0 Å². The molecule has 4 heteroatoms. The van der Waals surface area contributed by atoms with Gasteiger partial charge in [0.25, 0.3) is 0 Å². The van der Waals surface area contributed by atoms with Crippen molar-refractivity contribution in [1.29, 1.82) is 0 Å². The summed E-state index contributed by atoms with van der Waals surface area (Å²) in [5, 5.41) is -0.170. The van der Waals surface area contributed by atoms with E-state index in [1.54, 1.807) is 11.8 Å². The molecule has 18 heavy (non-hydrogen) atoms. The van der Waals surface area contributed by atoms with Crippen molar-refractivity contribution in [3.8, 4) is 0 Å². The molecule has 0 saturated carbocycles. The number of esters is 1. The molecule has 1 aromatic carbocycles. The van der Waals surface area contributed by atoms with Gasteiger partial charge in [-0.25, -0.2) is 0 Å². The second kappa shape index (κ2) is 6.81. The molecule has 3 nitrogen and oxygen atoms in total. The van der Waals surface area contributed by atoms with E-state index >= 15 is 0 Å². The molecule has 1 heterocycles. The minimum atomic E-state index is -0.170. The number of ether oxygens (including phenoxy) is 2. The van der Waals surface area contributed by atoms with Crippen molar-refractivity contribution >= 4 is 17.7 Å². The van der Waals surface area contributed by atoms with Crippen LogP contribution >= 0.6 is 11.8 Å². The summed E-state index contributed by atoms with van der Waals surface area (Å²) >= 11 is 1.66. The quantitative estimate of drug-likeness (QED) is 0.606. The first-order chi connectivity index (χ1) is 8.83. The van der Waals surface area contributed by atoms with E-state index in [4.69, 9.17) is 9.47 Å². The van der Waals surface area contributed by atoms with Gasteiger partial charge in [0.1, 0.15) is 11.9 Å². The van der Waals surface area contributed by atoms with Crippen molar-refractivity contribution < 1.29 is 14.3 Å². The maximum atomic E-state index is 12.0. The van der Waals surface area contributed by atoms with Gasteiger partial charge in [0, 0.05) is 6.61 Å². The summed E-state index contributed by atoms with van der Waals surface area (Å²) in [4.78, 5) is 12.0. The molecule has 1 aliphatic heterocycles. The third-order valence-electron chi connectivity index (χ3n) is 2.88. The summed E-state index contributed by atoms with van der Waals surface area (Å²) in [6, 6.07) is 8.11. The number of hydrogen-bond acceptors (Lipinski definition) is 4. The number of hydrogen-bond donors (Lipinski definition) is 0. The molecule has 0 radical (unpaired) electrons. The number of rotatable bonds is 5. The summed E-state index contributed by atoms with van der Waals surface area (Å²) in [5.41, 5.74) is 2.37. The predicted molar refractivity (Wildman–Crippen MR) is 72.8 cm³/mol. The van der Waals surface area contributed by atoms with Crippen LogP contribution in [0.4, 0.5) is 0 Å². The van der Waals surface area contributed by atoms with Crippen molar-refractivity contribution in [3.63, 3.8) is 0 Å². The van der Waals surface area contributed by atoms with Crippen molar-refractivity contribution in [3.05, 3.63) is 35.4 Å². The Kier molecular flexibility index (Phi) is 5.08. The molecular weight excluding hydrogens is 248 g/mol. The van der Waals surface area contributed by atoms with Crippen molar-refractivity contribution in [2.24, 2.45) is 0 Å². The summed E-state index contributed by atoms with van der Waals surface area (Å²) < 4.78 is 10.4. The van der Waals surface area contributed by atoms with Crippen molar-refractivity contribution in [2.75, 3.05) is 25.6 Å². The highest BCUT2D eigenvalue weighted by Gasteiger charge is 2.27. The Balaban J connectivity index is 1.95. The van der Waals surface area contributed by atoms with Crippen LogP contribution in [0.5, 0.6) is 0 Å². The van der Waals surface area contributed by atoms with E-state index < -0.39 is 0 Å². The van der Waals surface area contributed by atoms with Crippen molar-refractivity contribution in [2.45, 2.75) is 18.6 Å². The van der Waals surface area contributed by atoms with Gasteiger partial charge < -0.3 is 9.47 Å². The SMILES string of the molecule is CCOCCOC(=O)C1SCCc2ccccc21. The van der Waals surface area contributed by atoms with E-state index in [1.807, 2.05) is 25.1 Å². The minimum absolute atomic E-state index is 0.146. The Bertz CT molecular complexity index is 406. The van der Waals surface area contributed by atoms with E-state index in [-0.39, 0.29) is 11.2 Å². The van der Waals surface area contributed by atoms with Crippen LogP contribution in [0.25, 0.3) is 0 Å². The van der Waals surface area contributed by atoms with E-state index in [0.29, 0.717) is 19.8 Å². The Morgan fingerprint density at radius 3 is 3.06 bits per heavy atom. The molecule has 0 spiro atoms. The van der Waals surface area contributed by atoms with Gasteiger partial charge in [0.2, 0.25) is 0 Å². The van der Waals surface area contributed by atoms with Gasteiger partial charge in [-0.2, -0.15) is 0 Å². The van der Waals surface area contributed by atoms with Crippen LogP contribution < -0.4 is 0 Å². The molecule has 0 amide bonds. The summed E-state index contributed by atoms with van der Waals surface area (Å²) in [7, 11) is 0. The zero-order valence-electron chi connectivity index (χ0n) is 10.6. The molecule has 0 aliphatic carbocycles. The van der Waals surface area contributed by atoms with Crippen molar-refractivity contribution in [1.82, 2.24) is 0 Å². The fraction of sp³-hybridized carbons (Fsp3) is 0.500. The van der Waals surface area contributed by atoms with Gasteiger partial charge in [-0.1, -0.05) is 24.3 Å². The highest BCUT2D eigenvalue weighted by Crippen LogP contribution is 2.37. The van der Waals surface area contributed by atoms with E-state index in [1.165, 1.54) is 5.56 Å². The first-order valence-electron chi connectivity index (χ1n) is 6.26. The van der Waals surface area contributed by atoms with Crippen LogP contribution in [-0.2, 0) is 20.7 Å². The van der Waals surface area contributed by atoms with Gasteiger partial charge in [0.05, 0.1) is 6.61 Å². The lowest BCUT2D eigenvalue weighted by molar-refractivity contribution is -0.144. The maximum Gasteiger partial charge on any atom is 0.323 e. The number of benzene rings is 1. The number of carbonyl (C=O) groups excluding carboxylic acids is 1. The van der Waals surface area contributed by atoms with E-state index in [2.05, 4.69) is 6.07 Å². The fourth-order valence-electron chi connectivity index (χ4n) is 2.01. The first kappa shape index (κ1) is 13.4. The molecule has 1 aliphatic rings. The maximum absolute atomic E-state index is 12.0. The van der Waals surface area contributed by atoms with E-state index in [9.17, 15) is 4.79 Å². The van der Waals surface area contributed by atoms with Gasteiger partial charge >= 0.3 is 5.97 Å². The number of thioether (sulfide) groups is 1. The monoisotopic (exact) mass is 266 g/mol. The predicted octanol–water partition coefficient (Wildman–Crippen LogP) is 2.60. The third-order valence-corrected chi connectivity index (χ3v) is 4.10. The molecule has 98 valence electrons. The summed E-state index contributed by atoms with van der Waals surface area (Å²) in [5.74, 6) is 0.828. The molecule has 0 aromatic heterocycles. The highest BCUT2D eigenvalue weighted by molar-refractivity contribution is 8.00.